The Bertz CT molecular complexity index is 671. The third kappa shape index (κ3) is 4.89. The molecule has 2 rings (SSSR count). The largest absolute Gasteiger partial charge is 0.497 e. The summed E-state index contributed by atoms with van der Waals surface area (Å²) in [6.45, 7) is 0.809. The summed E-state index contributed by atoms with van der Waals surface area (Å²) in [6, 6.07) is 12.9. The zero-order valence-corrected chi connectivity index (χ0v) is 14.1. The van der Waals surface area contributed by atoms with Crippen LogP contribution < -0.4 is 24.8 Å². The number of nitrogens with one attached hydrogen (secondary N) is 2. The Labute approximate surface area is 141 Å². The summed E-state index contributed by atoms with van der Waals surface area (Å²) < 4.78 is 15.5. The van der Waals surface area contributed by atoms with Crippen LogP contribution in [0.5, 0.6) is 17.2 Å². The van der Waals surface area contributed by atoms with Gasteiger partial charge < -0.3 is 24.8 Å². The summed E-state index contributed by atoms with van der Waals surface area (Å²) in [5.41, 5.74) is 1.73. The first-order chi connectivity index (χ1) is 11.7. The number of carbonyl (C=O) groups excluding carboxylic acids is 1. The lowest BCUT2D eigenvalue weighted by Crippen LogP contribution is -2.27. The molecule has 0 saturated carbocycles. The number of methoxy groups -OCH3 is 3. The summed E-state index contributed by atoms with van der Waals surface area (Å²) in [5, 5.41) is 5.92. The molecule has 0 aliphatic rings. The van der Waals surface area contributed by atoms with Gasteiger partial charge in [-0.3, -0.25) is 4.79 Å². The Kier molecular flexibility index (Phi) is 6.45. The molecule has 1 amide bonds. The van der Waals surface area contributed by atoms with Crippen LogP contribution in [-0.4, -0.2) is 33.8 Å². The standard InChI is InChI=1S/C18H22N2O4/c1-22-15-7-4-13(5-8-15)11-19-12-18(21)20-14-6-9-16(23-2)17(10-14)24-3/h4-10,19H,11-12H2,1-3H3,(H,20,21). The van der Waals surface area contributed by atoms with E-state index in [1.165, 1.54) is 0 Å². The Morgan fingerprint density at radius 3 is 2.25 bits per heavy atom. The second-order valence-electron chi connectivity index (χ2n) is 5.07. The summed E-state index contributed by atoms with van der Waals surface area (Å²) >= 11 is 0. The topological polar surface area (TPSA) is 68.8 Å². The average molecular weight is 330 g/mol. The van der Waals surface area contributed by atoms with Gasteiger partial charge in [0.15, 0.2) is 11.5 Å². The molecule has 0 heterocycles. The van der Waals surface area contributed by atoms with Crippen LogP contribution in [0.15, 0.2) is 42.5 Å². The maximum Gasteiger partial charge on any atom is 0.238 e. The van der Waals surface area contributed by atoms with Gasteiger partial charge in [0.05, 0.1) is 27.9 Å². The number of hydrogen-bond acceptors (Lipinski definition) is 5. The number of carbonyl (C=O) groups is 1. The van der Waals surface area contributed by atoms with E-state index in [2.05, 4.69) is 10.6 Å². The highest BCUT2D eigenvalue weighted by Crippen LogP contribution is 2.29. The lowest BCUT2D eigenvalue weighted by molar-refractivity contribution is -0.115. The highest BCUT2D eigenvalue weighted by atomic mass is 16.5. The minimum absolute atomic E-state index is 0.129. The molecule has 0 aliphatic heterocycles. The van der Waals surface area contributed by atoms with Gasteiger partial charge in [-0.05, 0) is 29.8 Å². The highest BCUT2D eigenvalue weighted by molar-refractivity contribution is 5.92. The molecule has 0 radical (unpaired) electrons. The third-order valence-corrected chi connectivity index (χ3v) is 3.44. The van der Waals surface area contributed by atoms with Crippen LogP contribution in [0.1, 0.15) is 5.56 Å². The minimum atomic E-state index is -0.129. The van der Waals surface area contributed by atoms with Crippen LogP contribution in [0, 0.1) is 0 Å². The Morgan fingerprint density at radius 2 is 1.62 bits per heavy atom. The Balaban J connectivity index is 1.82. The van der Waals surface area contributed by atoms with Crippen molar-refractivity contribution in [2.45, 2.75) is 6.54 Å². The molecule has 24 heavy (non-hydrogen) atoms. The van der Waals surface area contributed by atoms with Crippen molar-refractivity contribution < 1.29 is 19.0 Å². The first kappa shape index (κ1) is 17.6. The number of benzene rings is 2. The lowest BCUT2D eigenvalue weighted by Gasteiger charge is -2.11. The molecule has 128 valence electrons. The molecule has 0 aromatic heterocycles. The van der Waals surface area contributed by atoms with Gasteiger partial charge in [-0.15, -0.1) is 0 Å². The molecule has 0 fully saturated rings. The molecule has 6 nitrogen and oxygen atoms in total. The van der Waals surface area contributed by atoms with Crippen molar-refractivity contribution in [3.63, 3.8) is 0 Å². The van der Waals surface area contributed by atoms with Gasteiger partial charge in [0.2, 0.25) is 5.91 Å². The van der Waals surface area contributed by atoms with E-state index >= 15 is 0 Å². The lowest BCUT2D eigenvalue weighted by atomic mass is 10.2. The Morgan fingerprint density at radius 1 is 0.917 bits per heavy atom. The number of ether oxygens (including phenoxy) is 3. The SMILES string of the molecule is COc1ccc(CNCC(=O)Nc2ccc(OC)c(OC)c2)cc1. The second-order valence-corrected chi connectivity index (χ2v) is 5.07. The van der Waals surface area contributed by atoms with E-state index in [9.17, 15) is 4.79 Å². The summed E-state index contributed by atoms with van der Waals surface area (Å²) in [4.78, 5) is 12.0. The molecule has 0 bridgehead atoms. The van der Waals surface area contributed by atoms with Gasteiger partial charge in [-0.25, -0.2) is 0 Å². The first-order valence-corrected chi connectivity index (χ1v) is 7.51. The van der Waals surface area contributed by atoms with Crippen molar-refractivity contribution in [3.05, 3.63) is 48.0 Å². The summed E-state index contributed by atoms with van der Waals surface area (Å²) in [5.74, 6) is 1.87. The maximum absolute atomic E-state index is 12.0. The van der Waals surface area contributed by atoms with Crippen LogP contribution >= 0.6 is 0 Å². The molecule has 0 spiro atoms. The quantitative estimate of drug-likeness (QED) is 0.778. The average Bonchev–Trinajstić information content (AvgIpc) is 2.62. The summed E-state index contributed by atoms with van der Waals surface area (Å²) in [6.07, 6.45) is 0. The van der Waals surface area contributed by atoms with Gasteiger partial charge in [0.25, 0.3) is 0 Å². The van der Waals surface area contributed by atoms with E-state index in [0.29, 0.717) is 23.7 Å². The molecule has 2 aromatic rings. The van der Waals surface area contributed by atoms with Crippen molar-refractivity contribution in [2.24, 2.45) is 0 Å². The van der Waals surface area contributed by atoms with Crippen LogP contribution in [0.3, 0.4) is 0 Å². The van der Waals surface area contributed by atoms with Crippen LogP contribution in [0.2, 0.25) is 0 Å². The maximum atomic E-state index is 12.0. The van der Waals surface area contributed by atoms with Crippen LogP contribution in [0.4, 0.5) is 5.69 Å². The molecule has 0 aliphatic carbocycles. The van der Waals surface area contributed by atoms with E-state index in [1.807, 2.05) is 24.3 Å². The molecule has 0 unspecified atom stereocenters. The van der Waals surface area contributed by atoms with Gasteiger partial charge in [0, 0.05) is 18.3 Å². The molecule has 0 saturated heterocycles. The molecule has 0 atom stereocenters. The fraction of sp³-hybridized carbons (Fsp3) is 0.278. The third-order valence-electron chi connectivity index (χ3n) is 3.44. The van der Waals surface area contributed by atoms with Crippen molar-refractivity contribution in [2.75, 3.05) is 33.2 Å². The number of amides is 1. The van der Waals surface area contributed by atoms with Gasteiger partial charge in [-0.2, -0.15) is 0 Å². The number of hydrogen-bond donors (Lipinski definition) is 2. The van der Waals surface area contributed by atoms with E-state index in [1.54, 1.807) is 39.5 Å². The highest BCUT2D eigenvalue weighted by Gasteiger charge is 2.07. The molecular weight excluding hydrogens is 308 g/mol. The normalized spacial score (nSPS) is 10.1. The van der Waals surface area contributed by atoms with Crippen molar-refractivity contribution in [1.82, 2.24) is 5.32 Å². The fourth-order valence-corrected chi connectivity index (χ4v) is 2.18. The van der Waals surface area contributed by atoms with Crippen LogP contribution in [0.25, 0.3) is 0 Å². The Hall–Kier alpha value is -2.73. The molecule has 6 heteroatoms. The summed E-state index contributed by atoms with van der Waals surface area (Å²) in [7, 11) is 4.75. The van der Waals surface area contributed by atoms with Crippen molar-refractivity contribution >= 4 is 11.6 Å². The van der Waals surface area contributed by atoms with Gasteiger partial charge in [0.1, 0.15) is 5.75 Å². The van der Waals surface area contributed by atoms with Crippen molar-refractivity contribution in [1.29, 1.82) is 0 Å². The minimum Gasteiger partial charge on any atom is -0.497 e. The number of rotatable bonds is 8. The first-order valence-electron chi connectivity index (χ1n) is 7.51. The second kappa shape index (κ2) is 8.79. The van der Waals surface area contributed by atoms with E-state index in [0.717, 1.165) is 11.3 Å². The van der Waals surface area contributed by atoms with E-state index in [4.69, 9.17) is 14.2 Å². The van der Waals surface area contributed by atoms with E-state index in [-0.39, 0.29) is 12.5 Å². The zero-order chi connectivity index (χ0) is 17.4. The van der Waals surface area contributed by atoms with Crippen LogP contribution in [-0.2, 0) is 11.3 Å². The van der Waals surface area contributed by atoms with Crippen molar-refractivity contribution in [3.8, 4) is 17.2 Å². The van der Waals surface area contributed by atoms with E-state index < -0.39 is 0 Å². The van der Waals surface area contributed by atoms with Gasteiger partial charge in [-0.1, -0.05) is 12.1 Å². The smallest absolute Gasteiger partial charge is 0.238 e. The molecule has 2 aromatic carbocycles. The monoisotopic (exact) mass is 330 g/mol. The molecule has 2 N–H and O–H groups in total. The zero-order valence-electron chi connectivity index (χ0n) is 14.1. The predicted octanol–water partition coefficient (Wildman–Crippen LogP) is 2.44. The van der Waals surface area contributed by atoms with Gasteiger partial charge >= 0.3 is 0 Å². The predicted molar refractivity (Wildman–Crippen MR) is 92.9 cm³/mol. The fourth-order valence-electron chi connectivity index (χ4n) is 2.18. The number of anilines is 1. The molecular formula is C18H22N2O4.